The number of aromatic nitrogens is 1. The lowest BCUT2D eigenvalue weighted by Gasteiger charge is -2.04. The predicted octanol–water partition coefficient (Wildman–Crippen LogP) is 2.77. The molecule has 0 aliphatic heterocycles. The molecule has 1 N–H and O–H groups in total. The summed E-state index contributed by atoms with van der Waals surface area (Å²) < 4.78 is 4.69. The van der Waals surface area contributed by atoms with Crippen molar-refractivity contribution in [1.29, 1.82) is 5.26 Å². The third-order valence-electron chi connectivity index (χ3n) is 1.78. The van der Waals surface area contributed by atoms with Gasteiger partial charge in [-0.2, -0.15) is 5.26 Å². The van der Waals surface area contributed by atoms with E-state index >= 15 is 0 Å². The monoisotopic (exact) mass is 285 g/mol. The number of pyridine rings is 1. The summed E-state index contributed by atoms with van der Waals surface area (Å²) in [6.07, 6.45) is 2.57. The normalized spacial score (nSPS) is 10.7. The van der Waals surface area contributed by atoms with Crippen LogP contribution in [0.2, 0.25) is 10.0 Å². The molecule has 1 heterocycles. The van der Waals surface area contributed by atoms with Crippen LogP contribution in [0.15, 0.2) is 24.0 Å². The van der Waals surface area contributed by atoms with E-state index in [1.165, 1.54) is 18.5 Å². The zero-order valence-electron chi connectivity index (χ0n) is 9.41. The molecular weight excluding hydrogens is 277 g/mol. The summed E-state index contributed by atoms with van der Waals surface area (Å²) in [6, 6.07) is 3.20. The second kappa shape index (κ2) is 6.84. The standard InChI is InChI=1S/C11H9Cl2N3O2/c1-2-18-11(17)7(4-14)5-15-10-9(13)3-8(12)6-16-10/h3,5-6H,2H2,1H3,(H,15,16). The maximum Gasteiger partial charge on any atom is 0.350 e. The SMILES string of the molecule is CCOC(=O)C(C#N)=CNc1ncc(Cl)cc1Cl. The number of halogens is 2. The highest BCUT2D eigenvalue weighted by atomic mass is 35.5. The largest absolute Gasteiger partial charge is 0.462 e. The van der Waals surface area contributed by atoms with Crippen LogP contribution in [0, 0.1) is 11.3 Å². The Hall–Kier alpha value is -1.77. The third kappa shape index (κ3) is 3.91. The van der Waals surface area contributed by atoms with E-state index in [9.17, 15) is 4.79 Å². The van der Waals surface area contributed by atoms with Crippen molar-refractivity contribution in [1.82, 2.24) is 4.98 Å². The minimum absolute atomic E-state index is 0.176. The first-order valence-corrected chi connectivity index (χ1v) is 5.69. The molecule has 7 heteroatoms. The first-order chi connectivity index (χ1) is 8.58. The van der Waals surface area contributed by atoms with Gasteiger partial charge in [0.15, 0.2) is 5.57 Å². The second-order valence-electron chi connectivity index (χ2n) is 3.02. The lowest BCUT2D eigenvalue weighted by molar-refractivity contribution is -0.138. The maximum absolute atomic E-state index is 11.3. The van der Waals surface area contributed by atoms with Crippen LogP contribution in [0.5, 0.6) is 0 Å². The summed E-state index contributed by atoms with van der Waals surface area (Å²) in [4.78, 5) is 15.2. The van der Waals surface area contributed by atoms with Gasteiger partial charge in [-0.15, -0.1) is 0 Å². The van der Waals surface area contributed by atoms with Gasteiger partial charge in [0.1, 0.15) is 11.9 Å². The highest BCUT2D eigenvalue weighted by Gasteiger charge is 2.10. The zero-order valence-corrected chi connectivity index (χ0v) is 10.9. The van der Waals surface area contributed by atoms with E-state index in [1.807, 2.05) is 0 Å². The van der Waals surface area contributed by atoms with Crippen molar-refractivity contribution in [3.63, 3.8) is 0 Å². The van der Waals surface area contributed by atoms with Gasteiger partial charge in [0.25, 0.3) is 0 Å². The first-order valence-electron chi connectivity index (χ1n) is 4.93. The van der Waals surface area contributed by atoms with Crippen molar-refractivity contribution >= 4 is 35.0 Å². The van der Waals surface area contributed by atoms with Crippen molar-refractivity contribution in [2.24, 2.45) is 0 Å². The molecule has 1 aromatic heterocycles. The fraction of sp³-hybridized carbons (Fsp3) is 0.182. The fourth-order valence-corrected chi connectivity index (χ4v) is 1.44. The van der Waals surface area contributed by atoms with E-state index < -0.39 is 5.97 Å². The number of rotatable bonds is 4. The van der Waals surface area contributed by atoms with Crippen LogP contribution in [-0.2, 0) is 9.53 Å². The molecular formula is C11H9Cl2N3O2. The number of carbonyl (C=O) groups excluding carboxylic acids is 1. The molecule has 5 nitrogen and oxygen atoms in total. The summed E-state index contributed by atoms with van der Waals surface area (Å²) in [5.41, 5.74) is -0.176. The van der Waals surface area contributed by atoms with Crippen molar-refractivity contribution < 1.29 is 9.53 Å². The second-order valence-corrected chi connectivity index (χ2v) is 3.86. The lowest BCUT2D eigenvalue weighted by atomic mass is 10.3. The van der Waals surface area contributed by atoms with Gasteiger partial charge < -0.3 is 10.1 Å². The third-order valence-corrected chi connectivity index (χ3v) is 2.27. The number of nitrogens with zero attached hydrogens (tertiary/aromatic N) is 2. The molecule has 1 aromatic rings. The van der Waals surface area contributed by atoms with Crippen molar-refractivity contribution in [2.75, 3.05) is 11.9 Å². The molecule has 0 bridgehead atoms. The molecule has 18 heavy (non-hydrogen) atoms. The number of nitriles is 1. The van der Waals surface area contributed by atoms with Gasteiger partial charge in [0.2, 0.25) is 0 Å². The predicted molar refractivity (Wildman–Crippen MR) is 68.2 cm³/mol. The molecule has 0 saturated carbocycles. The van der Waals surface area contributed by atoms with Crippen molar-refractivity contribution in [2.45, 2.75) is 6.92 Å². The van der Waals surface area contributed by atoms with Gasteiger partial charge in [0, 0.05) is 12.4 Å². The van der Waals surface area contributed by atoms with Gasteiger partial charge in [0.05, 0.1) is 16.7 Å². The van der Waals surface area contributed by atoms with Crippen molar-refractivity contribution in [3.8, 4) is 6.07 Å². The number of nitrogens with one attached hydrogen (secondary N) is 1. The Labute approximate surface area is 114 Å². The van der Waals surface area contributed by atoms with E-state index in [4.69, 9.17) is 28.5 Å². The molecule has 1 rings (SSSR count). The Bertz CT molecular complexity index is 524. The Morgan fingerprint density at radius 3 is 2.94 bits per heavy atom. The molecule has 0 fully saturated rings. The van der Waals surface area contributed by atoms with Gasteiger partial charge in [-0.25, -0.2) is 9.78 Å². The molecule has 0 atom stereocenters. The molecule has 0 saturated heterocycles. The fourth-order valence-electron chi connectivity index (χ4n) is 1.01. The van der Waals surface area contributed by atoms with Gasteiger partial charge in [-0.3, -0.25) is 0 Å². The number of hydrogen-bond donors (Lipinski definition) is 1. The van der Waals surface area contributed by atoms with Gasteiger partial charge in [-0.05, 0) is 13.0 Å². The average Bonchev–Trinajstić information content (AvgIpc) is 2.32. The zero-order chi connectivity index (χ0) is 13.5. The molecule has 0 aliphatic carbocycles. The molecule has 0 amide bonds. The Kier molecular flexibility index (Phi) is 5.43. The summed E-state index contributed by atoms with van der Waals surface area (Å²) in [7, 11) is 0. The van der Waals surface area contributed by atoms with Gasteiger partial charge >= 0.3 is 5.97 Å². The maximum atomic E-state index is 11.3. The van der Waals surface area contributed by atoms with Crippen LogP contribution in [0.25, 0.3) is 0 Å². The van der Waals surface area contributed by atoms with Crippen LogP contribution in [0.4, 0.5) is 5.82 Å². The van der Waals surface area contributed by atoms with E-state index in [0.717, 1.165) is 0 Å². The molecule has 0 aromatic carbocycles. The minimum Gasteiger partial charge on any atom is -0.462 e. The van der Waals surface area contributed by atoms with Crippen LogP contribution in [0.1, 0.15) is 6.92 Å². The topological polar surface area (TPSA) is 75.0 Å². The molecule has 0 aliphatic rings. The van der Waals surface area contributed by atoms with E-state index in [1.54, 1.807) is 13.0 Å². The van der Waals surface area contributed by atoms with E-state index in [0.29, 0.717) is 5.02 Å². The van der Waals surface area contributed by atoms with Crippen molar-refractivity contribution in [3.05, 3.63) is 34.1 Å². The molecule has 0 spiro atoms. The van der Waals surface area contributed by atoms with Crippen LogP contribution < -0.4 is 5.32 Å². The number of carbonyl (C=O) groups is 1. The summed E-state index contributed by atoms with van der Waals surface area (Å²) in [5, 5.41) is 12.1. The number of hydrogen-bond acceptors (Lipinski definition) is 5. The summed E-state index contributed by atoms with van der Waals surface area (Å²) in [6.45, 7) is 1.84. The molecule has 94 valence electrons. The number of ether oxygens (including phenoxy) is 1. The highest BCUT2D eigenvalue weighted by molar-refractivity contribution is 6.36. The van der Waals surface area contributed by atoms with Crippen LogP contribution in [0.3, 0.4) is 0 Å². The summed E-state index contributed by atoms with van der Waals surface area (Å²) >= 11 is 11.5. The molecule has 0 unspecified atom stereocenters. The van der Waals surface area contributed by atoms with E-state index in [-0.39, 0.29) is 23.0 Å². The van der Waals surface area contributed by atoms with Crippen LogP contribution in [-0.4, -0.2) is 17.6 Å². The van der Waals surface area contributed by atoms with Crippen LogP contribution >= 0.6 is 23.2 Å². The quantitative estimate of drug-likeness (QED) is 0.523. The minimum atomic E-state index is -0.711. The Morgan fingerprint density at radius 1 is 1.67 bits per heavy atom. The highest BCUT2D eigenvalue weighted by Crippen LogP contribution is 2.22. The van der Waals surface area contributed by atoms with Gasteiger partial charge in [-0.1, -0.05) is 23.2 Å². The Balaban J connectivity index is 2.84. The average molecular weight is 286 g/mol. The smallest absolute Gasteiger partial charge is 0.350 e. The first kappa shape index (κ1) is 14.3. The van der Waals surface area contributed by atoms with E-state index in [2.05, 4.69) is 15.0 Å². The summed E-state index contributed by atoms with van der Waals surface area (Å²) in [5.74, 6) is -0.421. The number of esters is 1. The molecule has 0 radical (unpaired) electrons. The Morgan fingerprint density at radius 2 is 2.39 bits per heavy atom. The number of anilines is 1. The lowest BCUT2D eigenvalue weighted by Crippen LogP contribution is -2.08.